The van der Waals surface area contributed by atoms with E-state index in [2.05, 4.69) is 64.2 Å². The topological polar surface area (TPSA) is 80.6 Å². The van der Waals surface area contributed by atoms with Crippen LogP contribution >= 0.6 is 0 Å². The van der Waals surface area contributed by atoms with Crippen molar-refractivity contribution in [1.29, 1.82) is 0 Å². The van der Waals surface area contributed by atoms with Gasteiger partial charge in [-0.2, -0.15) is 0 Å². The van der Waals surface area contributed by atoms with E-state index in [1.165, 1.54) is 5.56 Å². The summed E-state index contributed by atoms with van der Waals surface area (Å²) in [5, 5.41) is 12.4. The predicted molar refractivity (Wildman–Crippen MR) is 158 cm³/mol. The summed E-state index contributed by atoms with van der Waals surface area (Å²) in [6.07, 6.45) is 7.61. The first-order chi connectivity index (χ1) is 18.7. The summed E-state index contributed by atoms with van der Waals surface area (Å²) in [6.45, 7) is 12.5. The normalized spacial score (nSPS) is 11.3. The van der Waals surface area contributed by atoms with Crippen molar-refractivity contribution in [1.82, 2.24) is 4.57 Å². The molecule has 0 atom stereocenters. The highest BCUT2D eigenvalue weighted by Gasteiger charge is 2.20. The number of aliphatic carboxylic acids is 1. The van der Waals surface area contributed by atoms with Gasteiger partial charge in [-0.1, -0.05) is 65.3 Å². The van der Waals surface area contributed by atoms with Gasteiger partial charge < -0.3 is 19.7 Å². The number of unbranched alkanes of at least 4 members (excludes halogenated alkanes) is 1. The van der Waals surface area contributed by atoms with E-state index in [9.17, 15) is 9.59 Å². The second kappa shape index (κ2) is 14.6. The van der Waals surface area contributed by atoms with E-state index >= 15 is 0 Å². The van der Waals surface area contributed by atoms with E-state index in [1.807, 2.05) is 35.2 Å². The summed E-state index contributed by atoms with van der Waals surface area (Å²) in [6, 6.07) is 14.2. The number of benzene rings is 2. The van der Waals surface area contributed by atoms with E-state index < -0.39 is 5.97 Å². The molecule has 3 rings (SSSR count). The number of anilines is 1. The van der Waals surface area contributed by atoms with Crippen molar-refractivity contribution in [2.45, 2.75) is 85.8 Å². The second-order valence-corrected chi connectivity index (χ2v) is 11.0. The summed E-state index contributed by atoms with van der Waals surface area (Å²) in [7, 11) is 0. The molecule has 0 aliphatic rings. The molecule has 0 saturated heterocycles. The smallest absolute Gasteiger partial charge is 0.303 e. The van der Waals surface area contributed by atoms with Gasteiger partial charge in [0.1, 0.15) is 12.4 Å². The van der Waals surface area contributed by atoms with E-state index in [4.69, 9.17) is 9.84 Å². The number of aromatic nitrogens is 1. The number of aryl methyl sites for hydroxylation is 1. The van der Waals surface area contributed by atoms with Crippen molar-refractivity contribution in [3.8, 4) is 5.75 Å². The Morgan fingerprint density at radius 2 is 1.69 bits per heavy atom. The minimum absolute atomic E-state index is 0.0403. The lowest BCUT2D eigenvalue weighted by Crippen LogP contribution is -2.08. The molecule has 6 heteroatoms. The molecule has 0 amide bonds. The first-order valence-electron chi connectivity index (χ1n) is 14.2. The minimum Gasteiger partial charge on any atom is -0.487 e. The van der Waals surface area contributed by atoms with Crippen LogP contribution in [0, 0.1) is 5.92 Å². The molecule has 0 aliphatic carbocycles. The van der Waals surface area contributed by atoms with Gasteiger partial charge in [0.2, 0.25) is 0 Å². The van der Waals surface area contributed by atoms with Crippen LogP contribution in [0.15, 0.2) is 54.9 Å². The number of hydrogen-bond acceptors (Lipinski definition) is 4. The lowest BCUT2D eigenvalue weighted by molar-refractivity contribution is -0.137. The lowest BCUT2D eigenvalue weighted by atomic mass is 9.96. The molecule has 0 fully saturated rings. The van der Waals surface area contributed by atoms with E-state index in [1.54, 1.807) is 0 Å². The fraction of sp³-hybridized carbons (Fsp3) is 0.455. The molecular weight excluding hydrogens is 488 g/mol. The number of rotatable bonds is 16. The first-order valence-corrected chi connectivity index (χ1v) is 14.2. The fourth-order valence-electron chi connectivity index (χ4n) is 4.61. The number of carbonyl (C=O) groups excluding carboxylic acids is 1. The largest absolute Gasteiger partial charge is 0.487 e. The van der Waals surface area contributed by atoms with E-state index in [-0.39, 0.29) is 18.1 Å². The highest BCUT2D eigenvalue weighted by Crippen LogP contribution is 2.30. The second-order valence-electron chi connectivity index (χ2n) is 11.0. The molecule has 3 aromatic rings. The summed E-state index contributed by atoms with van der Waals surface area (Å²) >= 11 is 0. The molecule has 2 N–H and O–H groups in total. The maximum Gasteiger partial charge on any atom is 0.303 e. The van der Waals surface area contributed by atoms with Crippen LogP contribution in [0.4, 0.5) is 5.69 Å². The van der Waals surface area contributed by atoms with Crippen LogP contribution in [0.2, 0.25) is 0 Å². The van der Waals surface area contributed by atoms with Gasteiger partial charge >= 0.3 is 5.97 Å². The van der Waals surface area contributed by atoms with Crippen molar-refractivity contribution >= 4 is 17.4 Å². The Morgan fingerprint density at radius 1 is 0.974 bits per heavy atom. The van der Waals surface area contributed by atoms with Gasteiger partial charge in [-0.3, -0.25) is 9.59 Å². The van der Waals surface area contributed by atoms with Crippen molar-refractivity contribution in [3.63, 3.8) is 0 Å². The molecule has 210 valence electrons. The molecule has 0 unspecified atom stereocenters. The summed E-state index contributed by atoms with van der Waals surface area (Å²) in [5.74, 6) is 0.667. The Hall–Kier alpha value is -3.54. The molecule has 0 radical (unpaired) electrons. The number of nitrogens with one attached hydrogen (secondary N) is 1. The molecule has 0 saturated carbocycles. The molecule has 2 aromatic carbocycles. The summed E-state index contributed by atoms with van der Waals surface area (Å²) in [4.78, 5) is 24.6. The van der Waals surface area contributed by atoms with Crippen molar-refractivity contribution < 1.29 is 19.4 Å². The standard InChI is InChI=1S/C33H44N2O4/c1-6-7-16-34-30-19-27(14-15-31(30)39-22-26-12-10-25(11-13-26)18-23(2)3)33(38)29-21-35(17-8-9-32(36)37)20-28(29)24(4)5/h10-15,19-21,23-24,34H,6-9,16-18,22H2,1-5H3,(H,36,37). The average molecular weight is 533 g/mol. The zero-order valence-corrected chi connectivity index (χ0v) is 24.1. The Bertz CT molecular complexity index is 1230. The third-order valence-corrected chi connectivity index (χ3v) is 6.73. The van der Waals surface area contributed by atoms with Crippen molar-refractivity contribution in [3.05, 3.63) is 82.7 Å². The van der Waals surface area contributed by atoms with Gasteiger partial charge in [0.25, 0.3) is 0 Å². The SMILES string of the molecule is CCCCNc1cc(C(=O)c2cn(CCCC(=O)O)cc2C(C)C)ccc1OCc1ccc(CC(C)C)cc1. The Labute approximate surface area is 233 Å². The Kier molecular flexibility index (Phi) is 11.2. The highest BCUT2D eigenvalue weighted by molar-refractivity contribution is 6.10. The average Bonchev–Trinajstić information content (AvgIpc) is 3.32. The van der Waals surface area contributed by atoms with Crippen molar-refractivity contribution in [2.24, 2.45) is 5.92 Å². The van der Waals surface area contributed by atoms with Gasteiger partial charge in [0.05, 0.1) is 5.69 Å². The predicted octanol–water partition coefficient (Wildman–Crippen LogP) is 7.70. The molecular formula is C33H44N2O4. The molecule has 6 nitrogen and oxygen atoms in total. The lowest BCUT2D eigenvalue weighted by Gasteiger charge is -2.15. The van der Waals surface area contributed by atoms with Gasteiger partial charge in [0, 0.05) is 43.0 Å². The van der Waals surface area contributed by atoms with Gasteiger partial charge in [-0.25, -0.2) is 0 Å². The number of carboxylic acid groups (broad SMARTS) is 1. The maximum absolute atomic E-state index is 13.7. The molecule has 0 spiro atoms. The van der Waals surface area contributed by atoms with Crippen LogP contribution in [-0.2, 0) is 24.4 Å². The van der Waals surface area contributed by atoms with Crippen LogP contribution < -0.4 is 10.1 Å². The zero-order valence-electron chi connectivity index (χ0n) is 24.1. The van der Waals surface area contributed by atoms with Gasteiger partial charge in [0.15, 0.2) is 5.78 Å². The van der Waals surface area contributed by atoms with E-state index in [0.717, 1.165) is 48.4 Å². The third-order valence-electron chi connectivity index (χ3n) is 6.73. The maximum atomic E-state index is 13.7. The summed E-state index contributed by atoms with van der Waals surface area (Å²) in [5.41, 5.74) is 5.48. The van der Waals surface area contributed by atoms with Crippen LogP contribution in [0.1, 0.15) is 98.8 Å². The molecule has 1 aromatic heterocycles. The first kappa shape index (κ1) is 30.0. The summed E-state index contributed by atoms with van der Waals surface area (Å²) < 4.78 is 8.16. The number of carbonyl (C=O) groups is 2. The minimum atomic E-state index is -0.809. The zero-order chi connectivity index (χ0) is 28.4. The molecule has 1 heterocycles. The molecule has 0 bridgehead atoms. The highest BCUT2D eigenvalue weighted by atomic mass is 16.5. The van der Waals surface area contributed by atoms with Gasteiger partial charge in [-0.15, -0.1) is 0 Å². The van der Waals surface area contributed by atoms with E-state index in [0.29, 0.717) is 36.6 Å². The Morgan fingerprint density at radius 3 is 2.33 bits per heavy atom. The number of ether oxygens (including phenoxy) is 1. The molecule has 0 aliphatic heterocycles. The van der Waals surface area contributed by atoms with Crippen molar-refractivity contribution in [2.75, 3.05) is 11.9 Å². The van der Waals surface area contributed by atoms with Gasteiger partial charge in [-0.05, 0) is 66.0 Å². The number of nitrogens with zero attached hydrogens (tertiary/aromatic N) is 1. The fourth-order valence-corrected chi connectivity index (χ4v) is 4.61. The number of ketones is 1. The third kappa shape index (κ3) is 9.02. The quantitative estimate of drug-likeness (QED) is 0.146. The monoisotopic (exact) mass is 532 g/mol. The number of carboxylic acids is 1. The van der Waals surface area contributed by atoms with Crippen LogP contribution in [0.5, 0.6) is 5.75 Å². The van der Waals surface area contributed by atoms with Crippen LogP contribution in [-0.4, -0.2) is 28.0 Å². The number of hydrogen-bond donors (Lipinski definition) is 2. The molecule has 39 heavy (non-hydrogen) atoms. The Balaban J connectivity index is 1.80. The van der Waals surface area contributed by atoms with Crippen LogP contribution in [0.3, 0.4) is 0 Å². The van der Waals surface area contributed by atoms with Crippen LogP contribution in [0.25, 0.3) is 0 Å².